The summed E-state index contributed by atoms with van der Waals surface area (Å²) in [7, 11) is 0. The van der Waals surface area contributed by atoms with Gasteiger partial charge in [0, 0.05) is 11.6 Å². The molecule has 0 aliphatic rings. The van der Waals surface area contributed by atoms with E-state index in [4.69, 9.17) is 5.21 Å². The van der Waals surface area contributed by atoms with Crippen LogP contribution in [0.3, 0.4) is 0 Å². The van der Waals surface area contributed by atoms with Gasteiger partial charge in [-0.25, -0.2) is 0 Å². The highest BCUT2D eigenvalue weighted by atomic mass is 16.6. The minimum Gasteiger partial charge on any atom is -0.411 e. The third kappa shape index (κ3) is 1.87. The zero-order valence-electron chi connectivity index (χ0n) is 7.89. The van der Waals surface area contributed by atoms with Gasteiger partial charge in [0.05, 0.1) is 11.1 Å². The van der Waals surface area contributed by atoms with Crippen LogP contribution in [0.25, 0.3) is 0 Å². The van der Waals surface area contributed by atoms with Crippen molar-refractivity contribution in [3.05, 3.63) is 38.9 Å². The molecule has 0 spiro atoms. The van der Waals surface area contributed by atoms with Crippen molar-refractivity contribution in [2.75, 3.05) is 0 Å². The first kappa shape index (κ1) is 10.2. The molecule has 0 bridgehead atoms. The van der Waals surface area contributed by atoms with E-state index in [1.54, 1.807) is 19.9 Å². The van der Waals surface area contributed by atoms with Gasteiger partial charge in [-0.2, -0.15) is 0 Å². The zero-order chi connectivity index (χ0) is 10.7. The summed E-state index contributed by atoms with van der Waals surface area (Å²) in [5, 5.41) is 21.8. The molecule has 74 valence electrons. The molecule has 5 nitrogen and oxygen atoms in total. The molecule has 1 aromatic carbocycles. The summed E-state index contributed by atoms with van der Waals surface area (Å²) in [6.07, 6.45) is 1.26. The lowest BCUT2D eigenvalue weighted by molar-refractivity contribution is -0.385. The second-order valence-electron chi connectivity index (χ2n) is 3.00. The van der Waals surface area contributed by atoms with Crippen LogP contribution in [0.15, 0.2) is 17.3 Å². The highest BCUT2D eigenvalue weighted by molar-refractivity contribution is 5.82. The molecule has 0 radical (unpaired) electrons. The molecule has 0 unspecified atom stereocenters. The Hall–Kier alpha value is -1.91. The SMILES string of the molecule is Cc1cc([N+](=O)[O-])c(C)cc1/C=N/O. The van der Waals surface area contributed by atoms with Crippen LogP contribution in [0.4, 0.5) is 5.69 Å². The monoisotopic (exact) mass is 194 g/mol. The molecular weight excluding hydrogens is 184 g/mol. The Balaban J connectivity index is 3.30. The van der Waals surface area contributed by atoms with Crippen LogP contribution in [0.2, 0.25) is 0 Å². The van der Waals surface area contributed by atoms with Gasteiger partial charge in [0.2, 0.25) is 0 Å². The molecule has 0 aliphatic carbocycles. The lowest BCUT2D eigenvalue weighted by atomic mass is 10.0. The molecule has 1 N–H and O–H groups in total. The number of nitro benzene ring substituents is 1. The van der Waals surface area contributed by atoms with E-state index >= 15 is 0 Å². The average molecular weight is 194 g/mol. The fourth-order valence-corrected chi connectivity index (χ4v) is 1.22. The maximum atomic E-state index is 10.6. The van der Waals surface area contributed by atoms with Crippen LogP contribution in [0.1, 0.15) is 16.7 Å². The summed E-state index contributed by atoms with van der Waals surface area (Å²) in [4.78, 5) is 10.1. The number of hydrogen-bond acceptors (Lipinski definition) is 4. The molecule has 0 amide bonds. The Morgan fingerprint density at radius 2 is 2.07 bits per heavy atom. The summed E-state index contributed by atoms with van der Waals surface area (Å²) >= 11 is 0. The van der Waals surface area contributed by atoms with Gasteiger partial charge >= 0.3 is 0 Å². The van der Waals surface area contributed by atoms with Gasteiger partial charge in [-0.1, -0.05) is 5.16 Å². The first-order valence-corrected chi connectivity index (χ1v) is 3.99. The number of benzene rings is 1. The van der Waals surface area contributed by atoms with Gasteiger partial charge in [0.1, 0.15) is 0 Å². The molecule has 1 rings (SSSR count). The van der Waals surface area contributed by atoms with Crippen LogP contribution in [0.5, 0.6) is 0 Å². The smallest absolute Gasteiger partial charge is 0.272 e. The van der Waals surface area contributed by atoms with Crippen molar-refractivity contribution in [2.24, 2.45) is 5.16 Å². The van der Waals surface area contributed by atoms with E-state index in [-0.39, 0.29) is 5.69 Å². The van der Waals surface area contributed by atoms with Crippen molar-refractivity contribution < 1.29 is 10.1 Å². The van der Waals surface area contributed by atoms with Crippen molar-refractivity contribution in [3.8, 4) is 0 Å². The molecular formula is C9H10N2O3. The number of oxime groups is 1. The standard InChI is InChI=1S/C9H10N2O3/c1-6-4-9(11(13)14)7(2)3-8(6)5-10-12/h3-5,12H,1-2H3/b10-5+. The van der Waals surface area contributed by atoms with Crippen molar-refractivity contribution in [2.45, 2.75) is 13.8 Å². The van der Waals surface area contributed by atoms with Crippen LogP contribution in [-0.4, -0.2) is 16.3 Å². The minimum absolute atomic E-state index is 0.0811. The summed E-state index contributed by atoms with van der Waals surface area (Å²) in [5.74, 6) is 0. The maximum Gasteiger partial charge on any atom is 0.272 e. The molecule has 0 saturated heterocycles. The quantitative estimate of drug-likeness (QED) is 0.338. The van der Waals surface area contributed by atoms with Gasteiger partial charge in [0.15, 0.2) is 0 Å². The van der Waals surface area contributed by atoms with Gasteiger partial charge in [-0.3, -0.25) is 10.1 Å². The molecule has 0 aromatic heterocycles. The largest absolute Gasteiger partial charge is 0.411 e. The van der Waals surface area contributed by atoms with E-state index in [9.17, 15) is 10.1 Å². The van der Waals surface area contributed by atoms with E-state index in [2.05, 4.69) is 5.16 Å². The van der Waals surface area contributed by atoms with Crippen LogP contribution in [-0.2, 0) is 0 Å². The minimum atomic E-state index is -0.428. The molecule has 0 fully saturated rings. The molecule has 0 saturated carbocycles. The normalized spacial score (nSPS) is 10.7. The number of rotatable bonds is 2. The van der Waals surface area contributed by atoms with Crippen LogP contribution >= 0.6 is 0 Å². The number of nitrogens with zero attached hydrogens (tertiary/aromatic N) is 2. The lowest BCUT2D eigenvalue weighted by Gasteiger charge is -2.02. The summed E-state index contributed by atoms with van der Waals surface area (Å²) in [6, 6.07) is 3.08. The van der Waals surface area contributed by atoms with E-state index in [0.29, 0.717) is 16.7 Å². The predicted octanol–water partition coefficient (Wildman–Crippen LogP) is 2.02. The Morgan fingerprint density at radius 3 is 2.57 bits per heavy atom. The highest BCUT2D eigenvalue weighted by Gasteiger charge is 2.12. The van der Waals surface area contributed by atoms with Crippen molar-refractivity contribution >= 4 is 11.9 Å². The number of aryl methyl sites for hydroxylation is 2. The second kappa shape index (κ2) is 3.87. The van der Waals surface area contributed by atoms with E-state index < -0.39 is 4.92 Å². The third-order valence-corrected chi connectivity index (χ3v) is 1.98. The van der Waals surface area contributed by atoms with Crippen LogP contribution < -0.4 is 0 Å². The van der Waals surface area contributed by atoms with Crippen molar-refractivity contribution in [3.63, 3.8) is 0 Å². The second-order valence-corrected chi connectivity index (χ2v) is 3.00. The van der Waals surface area contributed by atoms with Gasteiger partial charge in [0.25, 0.3) is 5.69 Å². The van der Waals surface area contributed by atoms with E-state index in [1.165, 1.54) is 12.3 Å². The Kier molecular flexibility index (Phi) is 2.81. The first-order valence-electron chi connectivity index (χ1n) is 3.99. The topological polar surface area (TPSA) is 75.7 Å². The Labute approximate surface area is 80.8 Å². The molecule has 5 heteroatoms. The number of hydrogen-bond donors (Lipinski definition) is 1. The lowest BCUT2D eigenvalue weighted by Crippen LogP contribution is -1.96. The third-order valence-electron chi connectivity index (χ3n) is 1.98. The molecule has 0 heterocycles. The van der Waals surface area contributed by atoms with E-state index in [0.717, 1.165) is 0 Å². The molecule has 14 heavy (non-hydrogen) atoms. The fraction of sp³-hybridized carbons (Fsp3) is 0.222. The van der Waals surface area contributed by atoms with Gasteiger partial charge in [-0.15, -0.1) is 0 Å². The molecule has 1 aromatic rings. The zero-order valence-corrected chi connectivity index (χ0v) is 7.89. The maximum absolute atomic E-state index is 10.6. The van der Waals surface area contributed by atoms with Gasteiger partial charge < -0.3 is 5.21 Å². The summed E-state index contributed by atoms with van der Waals surface area (Å²) in [5.41, 5.74) is 2.02. The predicted molar refractivity (Wildman–Crippen MR) is 52.0 cm³/mol. The summed E-state index contributed by atoms with van der Waals surface area (Å²) < 4.78 is 0. The van der Waals surface area contributed by atoms with Crippen molar-refractivity contribution in [1.29, 1.82) is 0 Å². The first-order chi connectivity index (χ1) is 6.56. The Bertz CT molecular complexity index is 399. The molecule has 0 aliphatic heterocycles. The van der Waals surface area contributed by atoms with Crippen molar-refractivity contribution in [1.82, 2.24) is 0 Å². The number of nitro groups is 1. The van der Waals surface area contributed by atoms with E-state index in [1.807, 2.05) is 0 Å². The summed E-state index contributed by atoms with van der Waals surface area (Å²) in [6.45, 7) is 3.37. The molecule has 0 atom stereocenters. The van der Waals surface area contributed by atoms with Gasteiger partial charge in [-0.05, 0) is 31.0 Å². The fourth-order valence-electron chi connectivity index (χ4n) is 1.22. The van der Waals surface area contributed by atoms with Crippen LogP contribution in [0, 0.1) is 24.0 Å². The Morgan fingerprint density at radius 1 is 1.43 bits per heavy atom. The highest BCUT2D eigenvalue weighted by Crippen LogP contribution is 2.21. The average Bonchev–Trinajstić information content (AvgIpc) is 2.10.